The van der Waals surface area contributed by atoms with E-state index in [0.29, 0.717) is 49.5 Å². The summed E-state index contributed by atoms with van der Waals surface area (Å²) in [4.78, 5) is 55.5. The van der Waals surface area contributed by atoms with Gasteiger partial charge in [0, 0.05) is 62.4 Å². The molecule has 0 aromatic heterocycles. The van der Waals surface area contributed by atoms with Gasteiger partial charge in [-0.3, -0.25) is 24.1 Å². The lowest BCUT2D eigenvalue weighted by Gasteiger charge is -2.72. The van der Waals surface area contributed by atoms with E-state index in [-0.39, 0.29) is 57.7 Å². The van der Waals surface area contributed by atoms with Gasteiger partial charge in [0.05, 0.1) is 17.9 Å². The summed E-state index contributed by atoms with van der Waals surface area (Å²) in [5.41, 5.74) is 1.15. The molecule has 10 heteroatoms. The number of carbonyl (C=O) groups excluding carboxylic acids is 3. The number of ketones is 1. The number of allylic oxidation sites excluding steroid dienone is 1. The maximum atomic E-state index is 14.4. The van der Waals surface area contributed by atoms with Crippen LogP contribution in [0.1, 0.15) is 139 Å². The van der Waals surface area contributed by atoms with Crippen LogP contribution in [0, 0.1) is 56.2 Å². The lowest BCUT2D eigenvalue weighted by atomic mass is 9.33. The van der Waals surface area contributed by atoms with Crippen molar-refractivity contribution < 1.29 is 34.1 Å². The highest BCUT2D eigenvalue weighted by Crippen LogP contribution is 2.77. The van der Waals surface area contributed by atoms with E-state index >= 15 is 0 Å². The number of nitrogens with zero attached hydrogens (tertiary/aromatic N) is 2. The van der Waals surface area contributed by atoms with Gasteiger partial charge < -0.3 is 19.8 Å². The third-order valence-corrected chi connectivity index (χ3v) is 17.8. The average Bonchev–Trinajstić information content (AvgIpc) is 3.45. The Labute approximate surface area is 359 Å². The predicted octanol–water partition coefficient (Wildman–Crippen LogP) is 9.37. The number of aliphatic carboxylic acids is 1. The van der Waals surface area contributed by atoms with Crippen LogP contribution in [-0.2, 0) is 30.5 Å². The quantitative estimate of drug-likeness (QED) is 0.189. The van der Waals surface area contributed by atoms with Crippen LogP contribution < -0.4 is 0 Å². The molecule has 0 bridgehead atoms. The van der Waals surface area contributed by atoms with Gasteiger partial charge in [-0.15, -0.1) is 0 Å². The zero-order chi connectivity index (χ0) is 43.7. The number of fused-ring (bicyclic) bond motifs is 7. The number of halogens is 1. The Kier molecular flexibility index (Phi) is 12.6. The summed E-state index contributed by atoms with van der Waals surface area (Å²) in [6.07, 6.45) is 6.69. The molecule has 328 valence electrons. The summed E-state index contributed by atoms with van der Waals surface area (Å²) in [5, 5.41) is 23.1. The van der Waals surface area contributed by atoms with E-state index < -0.39 is 28.9 Å². The van der Waals surface area contributed by atoms with Crippen molar-refractivity contribution >= 4 is 35.2 Å². The Morgan fingerprint density at radius 2 is 1.58 bits per heavy atom. The van der Waals surface area contributed by atoms with Crippen molar-refractivity contribution in [3.63, 3.8) is 0 Å². The van der Waals surface area contributed by atoms with E-state index in [1.54, 1.807) is 25.7 Å². The van der Waals surface area contributed by atoms with Crippen molar-refractivity contribution in [3.8, 4) is 0 Å². The smallest absolute Gasteiger partial charge is 0.309 e. The number of benzene rings is 1. The van der Waals surface area contributed by atoms with Gasteiger partial charge >= 0.3 is 11.9 Å². The van der Waals surface area contributed by atoms with Crippen LogP contribution in [0.25, 0.3) is 0 Å². The molecule has 0 saturated heterocycles. The number of rotatable bonds is 13. The van der Waals surface area contributed by atoms with Crippen LogP contribution in [-0.4, -0.2) is 82.5 Å². The molecule has 5 aliphatic carbocycles. The lowest BCUT2D eigenvalue weighted by molar-refractivity contribution is -0.235. The van der Waals surface area contributed by atoms with Crippen LogP contribution in [0.15, 0.2) is 35.4 Å². The molecular weight excluding hydrogens is 764 g/mol. The Bertz CT molecular complexity index is 1840. The van der Waals surface area contributed by atoms with Gasteiger partial charge in [0.2, 0.25) is 5.91 Å². The molecule has 9 nitrogen and oxygen atoms in total. The molecule has 2 N–H and O–H groups in total. The van der Waals surface area contributed by atoms with Gasteiger partial charge in [0.25, 0.3) is 0 Å². The molecule has 59 heavy (non-hydrogen) atoms. The molecule has 0 heterocycles. The third kappa shape index (κ3) is 7.85. The zero-order valence-electron chi connectivity index (χ0n) is 37.9. The minimum Gasteiger partial charge on any atom is -0.481 e. The fourth-order valence-electron chi connectivity index (χ4n) is 13.9. The molecule has 1 amide bonds. The van der Waals surface area contributed by atoms with E-state index in [2.05, 4.69) is 53.4 Å². The minimum absolute atomic E-state index is 0.000486. The number of hydrogen-bond acceptors (Lipinski definition) is 7. The summed E-state index contributed by atoms with van der Waals surface area (Å²) in [6.45, 7) is 23.2. The van der Waals surface area contributed by atoms with E-state index in [1.165, 1.54) is 5.57 Å². The topological polar surface area (TPSA) is 124 Å². The van der Waals surface area contributed by atoms with Gasteiger partial charge in [-0.2, -0.15) is 0 Å². The number of ether oxygens (including phenoxy) is 1. The molecule has 1 aromatic rings. The third-order valence-electron chi connectivity index (χ3n) is 17.5. The molecule has 5 aliphatic rings. The molecule has 0 aliphatic heterocycles. The fourth-order valence-corrected chi connectivity index (χ4v) is 14.0. The number of esters is 1. The summed E-state index contributed by atoms with van der Waals surface area (Å²) in [6, 6.07) is 7.80. The van der Waals surface area contributed by atoms with Crippen LogP contribution in [0.3, 0.4) is 0 Å². The largest absolute Gasteiger partial charge is 0.481 e. The number of amides is 1. The van der Waals surface area contributed by atoms with Gasteiger partial charge in [0.15, 0.2) is 5.78 Å². The van der Waals surface area contributed by atoms with Crippen LogP contribution in [0.4, 0.5) is 0 Å². The number of carboxylic acid groups (broad SMARTS) is 1. The maximum absolute atomic E-state index is 14.4. The highest BCUT2D eigenvalue weighted by molar-refractivity contribution is 6.30. The number of carboxylic acids is 1. The fraction of sp³-hybridized carbons (Fsp3) is 0.755. The second-order valence-electron chi connectivity index (χ2n) is 21.9. The van der Waals surface area contributed by atoms with E-state index in [1.807, 2.05) is 31.3 Å². The predicted molar refractivity (Wildman–Crippen MR) is 231 cm³/mol. The first-order valence-electron chi connectivity index (χ1n) is 22.4. The van der Waals surface area contributed by atoms with Gasteiger partial charge in [-0.25, -0.2) is 0 Å². The summed E-state index contributed by atoms with van der Waals surface area (Å²) in [7, 11) is 1.81. The first-order chi connectivity index (χ1) is 27.3. The molecule has 4 fully saturated rings. The summed E-state index contributed by atoms with van der Waals surface area (Å²) in [5.74, 6) is -0.208. The van der Waals surface area contributed by atoms with Crippen LogP contribution >= 0.6 is 11.6 Å². The van der Waals surface area contributed by atoms with Crippen LogP contribution in [0.2, 0.25) is 5.02 Å². The second kappa shape index (κ2) is 16.2. The first-order valence-corrected chi connectivity index (χ1v) is 22.8. The van der Waals surface area contributed by atoms with E-state index in [0.717, 1.165) is 62.5 Å². The van der Waals surface area contributed by atoms with Crippen LogP contribution in [0.5, 0.6) is 0 Å². The van der Waals surface area contributed by atoms with Crippen molar-refractivity contribution in [2.45, 2.75) is 152 Å². The number of aliphatic hydroxyl groups excluding tert-OH is 1. The number of Topliss-reactive ketones (excluding diaryl/α,β-unsaturated/α-hetero) is 1. The van der Waals surface area contributed by atoms with Gasteiger partial charge in [-0.1, -0.05) is 77.8 Å². The Balaban J connectivity index is 1.29. The molecule has 0 spiro atoms. The number of likely N-dealkylation sites (N-methyl/N-ethyl adjacent to an activating group) is 1. The molecule has 4 saturated carbocycles. The highest BCUT2D eigenvalue weighted by Gasteiger charge is 2.71. The minimum atomic E-state index is -1.18. The number of carbonyl (C=O) groups is 4. The van der Waals surface area contributed by atoms with Gasteiger partial charge in [0.1, 0.15) is 6.10 Å². The molecule has 1 aromatic carbocycles. The Morgan fingerprint density at radius 3 is 2.19 bits per heavy atom. The normalized spacial score (nSPS) is 34.5. The summed E-state index contributed by atoms with van der Waals surface area (Å²) < 4.78 is 6.19. The first kappa shape index (κ1) is 45.8. The maximum Gasteiger partial charge on any atom is 0.309 e. The molecule has 6 rings (SSSR count). The number of aliphatic hydroxyl groups is 1. The highest BCUT2D eigenvalue weighted by atomic mass is 35.5. The van der Waals surface area contributed by atoms with Crippen molar-refractivity contribution in [1.82, 2.24) is 9.80 Å². The van der Waals surface area contributed by atoms with Crippen molar-refractivity contribution in [2.75, 3.05) is 26.7 Å². The van der Waals surface area contributed by atoms with Gasteiger partial charge in [-0.05, 0) is 128 Å². The average molecular weight is 838 g/mol. The Morgan fingerprint density at radius 1 is 0.915 bits per heavy atom. The lowest BCUT2D eigenvalue weighted by Crippen LogP contribution is -2.66. The van der Waals surface area contributed by atoms with E-state index in [9.17, 15) is 29.4 Å². The van der Waals surface area contributed by atoms with Crippen molar-refractivity contribution in [2.24, 2.45) is 56.2 Å². The summed E-state index contributed by atoms with van der Waals surface area (Å²) >= 11 is 6.24. The Hall–Kier alpha value is -2.75. The number of hydrogen-bond donors (Lipinski definition) is 2. The SMILES string of the molecule is CC(=O)N(C)CCN(Cc1ccc(Cl)cc1)C[C@@H](O)[C@@]12CC[C@]3(C)[C@H](CCC4[C@@]5(C)CC[C@H](OC(=O)CC(C)(C)C(=O)O)C(C)(C)[C@@H]5CC[C@]43C)C1=C(C(C)C)C(=O)C2. The molecule has 9 atom stereocenters. The molecular formula is C49H73ClN2O7. The van der Waals surface area contributed by atoms with Crippen molar-refractivity contribution in [1.29, 1.82) is 0 Å². The zero-order valence-corrected chi connectivity index (χ0v) is 38.6. The second-order valence-corrected chi connectivity index (χ2v) is 22.3. The van der Waals surface area contributed by atoms with E-state index in [4.69, 9.17) is 16.3 Å². The standard InChI is InChI=1S/C49H73ClN2O7/c1-30(2)41-35(54)26-49(38(55)29-52(25-24-51(11)31(3)53)28-32-12-14-33(50)15-13-32)23-22-47(9)34(42(41)49)16-17-37-46(8)20-19-39(59-40(56)27-44(4,5)43(57)58)45(6,7)36(46)18-21-48(37,47)10/h12-15,30,34,36-39,55H,16-29H2,1-11H3,(H,57,58)/t34-,36+,37?,38-,39+,46+,47-,48-,49+/m1/s1. The molecule has 0 radical (unpaired) electrons. The monoisotopic (exact) mass is 837 g/mol. The molecule has 1 unspecified atom stereocenters. The van der Waals surface area contributed by atoms with Crippen molar-refractivity contribution in [3.05, 3.63) is 46.0 Å².